The van der Waals surface area contributed by atoms with Crippen LogP contribution in [0.5, 0.6) is 0 Å². The lowest BCUT2D eigenvalue weighted by molar-refractivity contribution is -0.136. The number of carbonyl (C=O) groups is 1. The molecule has 1 heterocycles. The van der Waals surface area contributed by atoms with Gasteiger partial charge in [0, 0.05) is 26.1 Å². The topological polar surface area (TPSA) is 23.6 Å². The normalized spacial score (nSPS) is 17.0. The predicted molar refractivity (Wildman–Crippen MR) is 107 cm³/mol. The molecule has 0 bridgehead atoms. The van der Waals surface area contributed by atoms with Crippen LogP contribution < -0.4 is 0 Å². The largest absolute Gasteiger partial charge is 0.341 e. The van der Waals surface area contributed by atoms with Gasteiger partial charge in [-0.2, -0.15) is 0 Å². The van der Waals surface area contributed by atoms with Gasteiger partial charge in [0.1, 0.15) is 0 Å². The number of benzene rings is 2. The molecular formula is C23H30N2O. The third-order valence-corrected chi connectivity index (χ3v) is 5.48. The highest BCUT2D eigenvalue weighted by atomic mass is 16.2. The lowest BCUT2D eigenvalue weighted by Crippen LogP contribution is -2.42. The molecule has 2 aromatic carbocycles. The first-order valence-corrected chi connectivity index (χ1v) is 9.69. The average Bonchev–Trinajstić information content (AvgIpc) is 2.69. The summed E-state index contributed by atoms with van der Waals surface area (Å²) in [5.74, 6) is 1.00. The number of hydrogen-bond donors (Lipinski definition) is 0. The summed E-state index contributed by atoms with van der Waals surface area (Å²) in [6.45, 7) is 6.11. The maximum Gasteiger partial charge on any atom is 0.225 e. The maximum atomic E-state index is 12.8. The van der Waals surface area contributed by atoms with Gasteiger partial charge < -0.3 is 9.80 Å². The van der Waals surface area contributed by atoms with Gasteiger partial charge in [0.05, 0.1) is 0 Å². The highest BCUT2D eigenvalue weighted by molar-refractivity contribution is 5.78. The van der Waals surface area contributed by atoms with E-state index in [1.807, 2.05) is 30.1 Å². The van der Waals surface area contributed by atoms with Gasteiger partial charge in [-0.3, -0.25) is 4.79 Å². The first-order chi connectivity index (χ1) is 12.6. The fourth-order valence-corrected chi connectivity index (χ4v) is 3.88. The summed E-state index contributed by atoms with van der Waals surface area (Å²) < 4.78 is 0. The van der Waals surface area contributed by atoms with Crippen molar-refractivity contribution >= 4 is 5.91 Å². The smallest absolute Gasteiger partial charge is 0.225 e. The average molecular weight is 351 g/mol. The molecule has 1 saturated heterocycles. The summed E-state index contributed by atoms with van der Waals surface area (Å²) in [4.78, 5) is 17.2. The van der Waals surface area contributed by atoms with Crippen molar-refractivity contribution < 1.29 is 4.79 Å². The van der Waals surface area contributed by atoms with Crippen LogP contribution in [0.15, 0.2) is 60.7 Å². The Bertz CT molecular complexity index is 678. The Balaban J connectivity index is 1.46. The van der Waals surface area contributed by atoms with Crippen molar-refractivity contribution in [2.45, 2.75) is 32.2 Å². The highest BCUT2D eigenvalue weighted by Gasteiger charge is 2.27. The van der Waals surface area contributed by atoms with Crippen LogP contribution in [-0.2, 0) is 11.3 Å². The number of rotatable bonds is 6. The van der Waals surface area contributed by atoms with Crippen molar-refractivity contribution in [3.05, 3.63) is 71.8 Å². The van der Waals surface area contributed by atoms with Crippen LogP contribution in [0.4, 0.5) is 0 Å². The number of hydrogen-bond acceptors (Lipinski definition) is 2. The van der Waals surface area contributed by atoms with Crippen LogP contribution in [-0.4, -0.2) is 42.4 Å². The van der Waals surface area contributed by atoms with Gasteiger partial charge in [-0.25, -0.2) is 0 Å². The van der Waals surface area contributed by atoms with Crippen LogP contribution in [0.1, 0.15) is 36.8 Å². The van der Waals surface area contributed by atoms with Crippen molar-refractivity contribution in [2.24, 2.45) is 5.92 Å². The highest BCUT2D eigenvalue weighted by Crippen LogP contribution is 2.23. The molecule has 1 unspecified atom stereocenters. The van der Waals surface area contributed by atoms with Crippen molar-refractivity contribution in [3.63, 3.8) is 0 Å². The van der Waals surface area contributed by atoms with E-state index >= 15 is 0 Å². The van der Waals surface area contributed by atoms with E-state index in [2.05, 4.69) is 54.3 Å². The second-order valence-electron chi connectivity index (χ2n) is 7.57. The lowest BCUT2D eigenvalue weighted by Gasteiger charge is -2.34. The minimum absolute atomic E-state index is 0.173. The zero-order chi connectivity index (χ0) is 18.4. The Labute approximate surface area is 157 Å². The zero-order valence-corrected chi connectivity index (χ0v) is 16.0. The summed E-state index contributed by atoms with van der Waals surface area (Å²) in [6, 6.07) is 20.9. The number of amides is 1. The molecule has 0 radical (unpaired) electrons. The standard InChI is InChI=1S/C23H30N2O/c1-19(21-11-7-4-8-12-21)17-25-15-13-22(14-16-25)23(26)24(2)18-20-9-5-3-6-10-20/h3-12,19,22H,13-18H2,1-2H3. The molecule has 1 aliphatic rings. The Kier molecular flexibility index (Phi) is 6.45. The third-order valence-electron chi connectivity index (χ3n) is 5.48. The third kappa shape index (κ3) is 4.95. The fourth-order valence-electron chi connectivity index (χ4n) is 3.88. The number of piperidine rings is 1. The van der Waals surface area contributed by atoms with Crippen LogP contribution in [0.2, 0.25) is 0 Å². The molecule has 0 saturated carbocycles. The van der Waals surface area contributed by atoms with Crippen molar-refractivity contribution in [2.75, 3.05) is 26.7 Å². The van der Waals surface area contributed by atoms with Crippen molar-refractivity contribution in [1.82, 2.24) is 9.80 Å². The second kappa shape index (κ2) is 9.00. The molecule has 0 aliphatic carbocycles. The molecule has 1 amide bonds. The predicted octanol–water partition coefficient (Wildman–Crippen LogP) is 4.16. The van der Waals surface area contributed by atoms with E-state index in [0.29, 0.717) is 18.4 Å². The van der Waals surface area contributed by atoms with Crippen LogP contribution >= 0.6 is 0 Å². The van der Waals surface area contributed by atoms with Gasteiger partial charge in [0.2, 0.25) is 5.91 Å². The molecule has 3 nitrogen and oxygen atoms in total. The Morgan fingerprint density at radius 3 is 2.23 bits per heavy atom. The molecular weight excluding hydrogens is 320 g/mol. The number of likely N-dealkylation sites (tertiary alicyclic amines) is 1. The quantitative estimate of drug-likeness (QED) is 0.781. The van der Waals surface area contributed by atoms with Gasteiger partial charge in [-0.1, -0.05) is 67.6 Å². The van der Waals surface area contributed by atoms with E-state index in [-0.39, 0.29) is 5.92 Å². The van der Waals surface area contributed by atoms with E-state index in [1.165, 1.54) is 11.1 Å². The van der Waals surface area contributed by atoms with Crippen LogP contribution in [0.25, 0.3) is 0 Å². The van der Waals surface area contributed by atoms with E-state index < -0.39 is 0 Å². The van der Waals surface area contributed by atoms with Crippen molar-refractivity contribution in [3.8, 4) is 0 Å². The van der Waals surface area contributed by atoms with Crippen molar-refractivity contribution in [1.29, 1.82) is 0 Å². The molecule has 3 rings (SSSR count). The maximum absolute atomic E-state index is 12.8. The molecule has 138 valence electrons. The molecule has 0 N–H and O–H groups in total. The second-order valence-corrected chi connectivity index (χ2v) is 7.57. The van der Waals surface area contributed by atoms with Gasteiger partial charge in [0.15, 0.2) is 0 Å². The van der Waals surface area contributed by atoms with Gasteiger partial charge in [-0.05, 0) is 43.0 Å². The minimum atomic E-state index is 0.173. The zero-order valence-electron chi connectivity index (χ0n) is 16.0. The minimum Gasteiger partial charge on any atom is -0.341 e. The summed E-state index contributed by atoms with van der Waals surface area (Å²) in [5, 5.41) is 0. The monoisotopic (exact) mass is 350 g/mol. The summed E-state index contributed by atoms with van der Waals surface area (Å²) in [7, 11) is 1.93. The van der Waals surface area contributed by atoms with Gasteiger partial charge in [0.25, 0.3) is 0 Å². The Morgan fingerprint density at radius 2 is 1.62 bits per heavy atom. The molecule has 1 atom stereocenters. The van der Waals surface area contributed by atoms with E-state index in [4.69, 9.17) is 0 Å². The Morgan fingerprint density at radius 1 is 1.04 bits per heavy atom. The van der Waals surface area contributed by atoms with E-state index in [0.717, 1.165) is 32.5 Å². The van der Waals surface area contributed by atoms with Gasteiger partial charge >= 0.3 is 0 Å². The summed E-state index contributed by atoms with van der Waals surface area (Å²) in [5.41, 5.74) is 2.59. The van der Waals surface area contributed by atoms with E-state index in [1.54, 1.807) is 0 Å². The molecule has 3 heteroatoms. The fraction of sp³-hybridized carbons (Fsp3) is 0.435. The molecule has 26 heavy (non-hydrogen) atoms. The summed E-state index contributed by atoms with van der Waals surface area (Å²) >= 11 is 0. The Hall–Kier alpha value is -2.13. The molecule has 0 aromatic heterocycles. The number of nitrogens with zero attached hydrogens (tertiary/aromatic N) is 2. The molecule has 0 spiro atoms. The molecule has 1 fully saturated rings. The number of carbonyl (C=O) groups excluding carboxylic acids is 1. The van der Waals surface area contributed by atoms with Gasteiger partial charge in [-0.15, -0.1) is 0 Å². The summed E-state index contributed by atoms with van der Waals surface area (Å²) in [6.07, 6.45) is 1.94. The first kappa shape index (κ1) is 18.7. The first-order valence-electron chi connectivity index (χ1n) is 9.69. The SMILES string of the molecule is CC(CN1CCC(C(=O)N(C)Cc2ccccc2)CC1)c1ccccc1. The molecule has 1 aliphatic heterocycles. The lowest BCUT2D eigenvalue weighted by atomic mass is 9.93. The van der Waals surface area contributed by atoms with E-state index in [9.17, 15) is 4.79 Å². The molecule has 2 aromatic rings. The van der Waals surface area contributed by atoms with Crippen LogP contribution in [0.3, 0.4) is 0 Å². The van der Waals surface area contributed by atoms with Crippen LogP contribution in [0, 0.1) is 5.92 Å².